The molecule has 3 rings (SSSR count). The lowest BCUT2D eigenvalue weighted by atomic mass is 10.1. The van der Waals surface area contributed by atoms with Gasteiger partial charge in [-0.05, 0) is 41.5 Å². The van der Waals surface area contributed by atoms with Crippen LogP contribution in [-0.4, -0.2) is 15.9 Å². The van der Waals surface area contributed by atoms with Gasteiger partial charge < -0.3 is 0 Å². The topological polar surface area (TPSA) is 78.7 Å². The molecule has 0 radical (unpaired) electrons. The molecule has 1 amide bonds. The number of nitriles is 1. The van der Waals surface area contributed by atoms with E-state index in [1.165, 1.54) is 17.4 Å². The Morgan fingerprint density at radius 3 is 2.89 bits per heavy atom. The van der Waals surface area contributed by atoms with Gasteiger partial charge in [0.25, 0.3) is 5.91 Å². The van der Waals surface area contributed by atoms with E-state index >= 15 is 0 Å². The minimum Gasteiger partial charge on any atom is -0.297 e. The predicted molar refractivity (Wildman–Crippen MR) is 108 cm³/mol. The van der Waals surface area contributed by atoms with Crippen molar-refractivity contribution >= 4 is 51.7 Å². The van der Waals surface area contributed by atoms with Crippen LogP contribution in [0.4, 0.5) is 5.13 Å². The summed E-state index contributed by atoms with van der Waals surface area (Å²) in [6, 6.07) is 10.6. The molecule has 134 valence electrons. The third kappa shape index (κ3) is 5.14. The van der Waals surface area contributed by atoms with E-state index < -0.39 is 5.91 Å². The first-order valence-corrected chi connectivity index (χ1v) is 9.34. The van der Waals surface area contributed by atoms with E-state index in [1.807, 2.05) is 6.07 Å². The lowest BCUT2D eigenvalue weighted by Crippen LogP contribution is -2.13. The lowest BCUT2D eigenvalue weighted by Gasteiger charge is -2.02. The SMILES string of the molecule is N#C/C(=C\c1cccnc1)C(=O)Nc1ncc(Cc2cc(Cl)ccc2Cl)s1. The standard InChI is InChI=1S/C19H12Cl2N4OS/c20-15-3-4-17(21)13(7-15)8-16-11-24-19(27-16)25-18(26)14(9-22)6-12-2-1-5-23-10-12/h1-7,10-11H,8H2,(H,24,25,26)/b14-6+. The number of rotatable bonds is 5. The van der Waals surface area contributed by atoms with Crippen LogP contribution in [0.25, 0.3) is 6.08 Å². The average Bonchev–Trinajstić information content (AvgIpc) is 3.10. The van der Waals surface area contributed by atoms with E-state index in [0.717, 1.165) is 10.4 Å². The van der Waals surface area contributed by atoms with Crippen molar-refractivity contribution in [3.63, 3.8) is 0 Å². The number of hydrogen-bond donors (Lipinski definition) is 1. The predicted octanol–water partition coefficient (Wildman–Crippen LogP) is 4.98. The molecular weight excluding hydrogens is 403 g/mol. The lowest BCUT2D eigenvalue weighted by molar-refractivity contribution is -0.112. The van der Waals surface area contributed by atoms with Crippen LogP contribution < -0.4 is 5.32 Å². The van der Waals surface area contributed by atoms with Crippen LogP contribution in [0.1, 0.15) is 16.0 Å². The number of hydrogen-bond acceptors (Lipinski definition) is 5. The first-order valence-electron chi connectivity index (χ1n) is 7.77. The second kappa shape index (κ2) is 8.78. The highest BCUT2D eigenvalue weighted by molar-refractivity contribution is 7.15. The molecule has 1 N–H and O–H groups in total. The molecule has 8 heteroatoms. The van der Waals surface area contributed by atoms with Crippen molar-refractivity contribution in [3.8, 4) is 6.07 Å². The van der Waals surface area contributed by atoms with E-state index in [4.69, 9.17) is 23.2 Å². The summed E-state index contributed by atoms with van der Waals surface area (Å²) in [7, 11) is 0. The van der Waals surface area contributed by atoms with Gasteiger partial charge >= 0.3 is 0 Å². The van der Waals surface area contributed by atoms with Crippen LogP contribution in [0.5, 0.6) is 0 Å². The molecular formula is C19H12Cl2N4OS. The third-order valence-electron chi connectivity index (χ3n) is 3.51. The molecule has 2 aromatic heterocycles. The van der Waals surface area contributed by atoms with Crippen molar-refractivity contribution in [2.75, 3.05) is 5.32 Å². The molecule has 1 aromatic carbocycles. The summed E-state index contributed by atoms with van der Waals surface area (Å²) < 4.78 is 0. The Kier molecular flexibility index (Phi) is 6.20. The second-order valence-corrected chi connectivity index (χ2v) is 7.41. The van der Waals surface area contributed by atoms with E-state index in [1.54, 1.807) is 48.9 Å². The Hall–Kier alpha value is -2.72. The van der Waals surface area contributed by atoms with Gasteiger partial charge in [-0.2, -0.15) is 5.26 Å². The first-order chi connectivity index (χ1) is 13.0. The number of pyridine rings is 1. The number of aromatic nitrogens is 2. The van der Waals surface area contributed by atoms with Crippen molar-refractivity contribution in [3.05, 3.63) is 80.5 Å². The van der Waals surface area contributed by atoms with Crippen LogP contribution in [0, 0.1) is 11.3 Å². The summed E-state index contributed by atoms with van der Waals surface area (Å²) in [4.78, 5) is 21.4. The van der Waals surface area contributed by atoms with Gasteiger partial charge in [0.15, 0.2) is 5.13 Å². The minimum absolute atomic E-state index is 0.0300. The van der Waals surface area contributed by atoms with E-state index in [0.29, 0.717) is 27.2 Å². The summed E-state index contributed by atoms with van der Waals surface area (Å²) in [6.07, 6.45) is 6.87. The van der Waals surface area contributed by atoms with Crippen molar-refractivity contribution < 1.29 is 4.79 Å². The zero-order valence-electron chi connectivity index (χ0n) is 13.8. The Morgan fingerprint density at radius 1 is 1.30 bits per heavy atom. The number of carbonyl (C=O) groups excluding carboxylic acids is 1. The third-order valence-corrected chi connectivity index (χ3v) is 5.02. The monoisotopic (exact) mass is 414 g/mol. The fourth-order valence-electron chi connectivity index (χ4n) is 2.25. The Bertz CT molecular complexity index is 1040. The number of amides is 1. The van der Waals surface area contributed by atoms with Crippen molar-refractivity contribution in [1.29, 1.82) is 5.26 Å². The fraction of sp³-hybridized carbons (Fsp3) is 0.0526. The second-order valence-electron chi connectivity index (χ2n) is 5.45. The van der Waals surface area contributed by atoms with E-state index in [2.05, 4.69) is 15.3 Å². The molecule has 27 heavy (non-hydrogen) atoms. The molecule has 0 fully saturated rings. The number of carbonyl (C=O) groups is 1. The number of anilines is 1. The smallest absolute Gasteiger partial charge is 0.268 e. The number of benzene rings is 1. The van der Waals surface area contributed by atoms with E-state index in [-0.39, 0.29) is 5.57 Å². The highest BCUT2D eigenvalue weighted by Crippen LogP contribution is 2.27. The van der Waals surface area contributed by atoms with Crippen LogP contribution in [-0.2, 0) is 11.2 Å². The van der Waals surface area contributed by atoms with Gasteiger partial charge in [0.2, 0.25) is 0 Å². The Labute approximate surface area is 169 Å². The minimum atomic E-state index is -0.525. The van der Waals surface area contributed by atoms with Gasteiger partial charge in [-0.3, -0.25) is 15.1 Å². The van der Waals surface area contributed by atoms with Crippen molar-refractivity contribution in [1.82, 2.24) is 9.97 Å². The summed E-state index contributed by atoms with van der Waals surface area (Å²) in [5, 5.41) is 13.5. The number of nitrogens with one attached hydrogen (secondary N) is 1. The molecule has 3 aromatic rings. The van der Waals surface area contributed by atoms with Crippen LogP contribution in [0.15, 0.2) is 54.5 Å². The van der Waals surface area contributed by atoms with Gasteiger partial charge in [0, 0.05) is 39.9 Å². The molecule has 0 aliphatic heterocycles. The van der Waals surface area contributed by atoms with Crippen LogP contribution in [0.3, 0.4) is 0 Å². The summed E-state index contributed by atoms with van der Waals surface area (Å²) in [5.74, 6) is -0.525. The number of halogens is 2. The van der Waals surface area contributed by atoms with Crippen LogP contribution in [0.2, 0.25) is 10.0 Å². The Morgan fingerprint density at radius 2 is 2.15 bits per heavy atom. The molecule has 0 saturated heterocycles. The molecule has 0 unspecified atom stereocenters. The summed E-state index contributed by atoms with van der Waals surface area (Å²) >= 11 is 13.5. The zero-order chi connectivity index (χ0) is 19.2. The van der Waals surface area contributed by atoms with Gasteiger partial charge in [-0.1, -0.05) is 29.3 Å². The molecule has 0 atom stereocenters. The van der Waals surface area contributed by atoms with Crippen molar-refractivity contribution in [2.24, 2.45) is 0 Å². The molecule has 0 bridgehead atoms. The normalized spacial score (nSPS) is 11.1. The zero-order valence-corrected chi connectivity index (χ0v) is 16.1. The molecule has 0 aliphatic carbocycles. The molecule has 2 heterocycles. The quantitative estimate of drug-likeness (QED) is 0.471. The first kappa shape index (κ1) is 19.1. The van der Waals surface area contributed by atoms with Gasteiger partial charge in [-0.15, -0.1) is 11.3 Å². The maximum atomic E-state index is 12.3. The van der Waals surface area contributed by atoms with E-state index in [9.17, 15) is 10.1 Å². The molecule has 0 spiro atoms. The van der Waals surface area contributed by atoms with Crippen LogP contribution >= 0.6 is 34.5 Å². The molecule has 0 saturated carbocycles. The Balaban J connectivity index is 1.71. The largest absolute Gasteiger partial charge is 0.297 e. The maximum absolute atomic E-state index is 12.3. The van der Waals surface area contributed by atoms with Gasteiger partial charge in [0.05, 0.1) is 0 Å². The maximum Gasteiger partial charge on any atom is 0.268 e. The number of thiazole rings is 1. The fourth-order valence-corrected chi connectivity index (χ4v) is 3.46. The highest BCUT2D eigenvalue weighted by atomic mass is 35.5. The van der Waals surface area contributed by atoms with Crippen molar-refractivity contribution in [2.45, 2.75) is 6.42 Å². The summed E-state index contributed by atoms with van der Waals surface area (Å²) in [5.41, 5.74) is 1.51. The highest BCUT2D eigenvalue weighted by Gasteiger charge is 2.13. The molecule has 0 aliphatic rings. The van der Waals surface area contributed by atoms with Gasteiger partial charge in [-0.25, -0.2) is 4.98 Å². The average molecular weight is 415 g/mol. The molecule has 5 nitrogen and oxygen atoms in total. The van der Waals surface area contributed by atoms with Gasteiger partial charge in [0.1, 0.15) is 11.6 Å². The number of nitrogens with zero attached hydrogens (tertiary/aromatic N) is 3. The summed E-state index contributed by atoms with van der Waals surface area (Å²) in [6.45, 7) is 0.